The molecule has 0 aliphatic carbocycles. The summed E-state index contributed by atoms with van der Waals surface area (Å²) in [7, 11) is 3.36. The number of nitrogens with zero attached hydrogens (tertiary/aromatic N) is 1. The van der Waals surface area contributed by atoms with E-state index in [4.69, 9.17) is 9.47 Å². The second-order valence-corrected chi connectivity index (χ2v) is 5.75. The average Bonchev–Trinajstić information content (AvgIpc) is 3.16. The maximum absolute atomic E-state index is 5.50. The summed E-state index contributed by atoms with van der Waals surface area (Å²) in [6.07, 6.45) is 1.86. The van der Waals surface area contributed by atoms with Gasteiger partial charge in [-0.25, -0.2) is 0 Å². The van der Waals surface area contributed by atoms with Crippen molar-refractivity contribution in [2.45, 2.75) is 0 Å². The van der Waals surface area contributed by atoms with Gasteiger partial charge in [0.05, 0.1) is 26.1 Å². The van der Waals surface area contributed by atoms with Crippen molar-refractivity contribution in [2.24, 2.45) is 0 Å². The quantitative estimate of drug-likeness (QED) is 0.578. The van der Waals surface area contributed by atoms with Crippen molar-refractivity contribution >= 4 is 10.8 Å². The van der Waals surface area contributed by atoms with E-state index in [1.54, 1.807) is 14.2 Å². The summed E-state index contributed by atoms with van der Waals surface area (Å²) in [5.41, 5.74) is 4.23. The van der Waals surface area contributed by atoms with Crippen LogP contribution >= 0.6 is 0 Å². The van der Waals surface area contributed by atoms with Gasteiger partial charge in [-0.05, 0) is 35.2 Å². The Hall–Kier alpha value is -3.27. The number of benzene rings is 3. The first-order chi connectivity index (χ1) is 12.3. The van der Waals surface area contributed by atoms with E-state index < -0.39 is 0 Å². The van der Waals surface area contributed by atoms with Crippen LogP contribution in [0.1, 0.15) is 0 Å². The van der Waals surface area contributed by atoms with Crippen molar-refractivity contribution in [1.82, 2.24) is 10.2 Å². The number of nitrogens with one attached hydrogen (secondary N) is 1. The van der Waals surface area contributed by atoms with E-state index in [9.17, 15) is 0 Å². The van der Waals surface area contributed by atoms with E-state index >= 15 is 0 Å². The molecule has 4 aromatic rings. The maximum Gasteiger partial charge on any atom is 0.126 e. The lowest BCUT2D eigenvalue weighted by Crippen LogP contribution is -1.89. The lowest BCUT2D eigenvalue weighted by molar-refractivity contribution is 0.415. The third kappa shape index (κ3) is 2.62. The minimum Gasteiger partial charge on any atom is -0.497 e. The van der Waals surface area contributed by atoms with E-state index in [0.717, 1.165) is 44.7 Å². The molecule has 25 heavy (non-hydrogen) atoms. The van der Waals surface area contributed by atoms with Crippen LogP contribution in [0.4, 0.5) is 0 Å². The zero-order chi connectivity index (χ0) is 17.2. The van der Waals surface area contributed by atoms with Crippen LogP contribution in [0.25, 0.3) is 33.2 Å². The Morgan fingerprint density at radius 2 is 1.52 bits per heavy atom. The summed E-state index contributed by atoms with van der Waals surface area (Å²) in [5.74, 6) is 1.70. The molecule has 4 heteroatoms. The molecule has 0 saturated carbocycles. The number of ether oxygens (including phenoxy) is 2. The fourth-order valence-corrected chi connectivity index (χ4v) is 3.15. The van der Waals surface area contributed by atoms with Gasteiger partial charge >= 0.3 is 0 Å². The average molecular weight is 330 g/mol. The van der Waals surface area contributed by atoms with Gasteiger partial charge in [-0.3, -0.25) is 5.10 Å². The standard InChI is InChI=1S/C21H18N2O2/c1-24-15-9-7-14(8-10-15)19-13-22-23-21(19)18-11-12-20(25-2)17-6-4-3-5-16(17)18/h3-13H,1-2H3,(H,22,23). The molecule has 0 spiro atoms. The summed E-state index contributed by atoms with van der Waals surface area (Å²) in [6, 6.07) is 20.3. The smallest absolute Gasteiger partial charge is 0.126 e. The summed E-state index contributed by atoms with van der Waals surface area (Å²) in [5, 5.41) is 9.64. The van der Waals surface area contributed by atoms with E-state index in [0.29, 0.717) is 0 Å². The number of fused-ring (bicyclic) bond motifs is 1. The molecule has 0 aliphatic heterocycles. The van der Waals surface area contributed by atoms with Gasteiger partial charge in [0.15, 0.2) is 0 Å². The number of methoxy groups -OCH3 is 2. The third-order valence-corrected chi connectivity index (χ3v) is 4.41. The van der Waals surface area contributed by atoms with Crippen LogP contribution in [-0.2, 0) is 0 Å². The molecule has 0 aliphatic rings. The van der Waals surface area contributed by atoms with E-state index in [1.807, 2.05) is 48.7 Å². The number of rotatable bonds is 4. The SMILES string of the molecule is COc1ccc(-c2cn[nH]c2-c2ccc(OC)c3ccccc23)cc1. The van der Waals surface area contributed by atoms with Crippen LogP contribution in [0, 0.1) is 0 Å². The van der Waals surface area contributed by atoms with Crippen LogP contribution in [0.2, 0.25) is 0 Å². The highest BCUT2D eigenvalue weighted by Gasteiger charge is 2.14. The molecule has 0 radical (unpaired) electrons. The Kier molecular flexibility index (Phi) is 3.86. The zero-order valence-electron chi connectivity index (χ0n) is 14.1. The molecule has 0 saturated heterocycles. The van der Waals surface area contributed by atoms with E-state index in [-0.39, 0.29) is 0 Å². The minimum atomic E-state index is 0.837. The molecule has 0 bridgehead atoms. The van der Waals surface area contributed by atoms with Crippen LogP contribution < -0.4 is 9.47 Å². The zero-order valence-corrected chi connectivity index (χ0v) is 14.1. The van der Waals surface area contributed by atoms with Crippen LogP contribution in [0.15, 0.2) is 66.9 Å². The van der Waals surface area contributed by atoms with Gasteiger partial charge in [-0.2, -0.15) is 5.10 Å². The Bertz CT molecular complexity index is 1020. The molecule has 0 amide bonds. The van der Waals surface area contributed by atoms with Gasteiger partial charge in [-0.1, -0.05) is 36.4 Å². The van der Waals surface area contributed by atoms with Gasteiger partial charge in [0.2, 0.25) is 0 Å². The monoisotopic (exact) mass is 330 g/mol. The largest absolute Gasteiger partial charge is 0.497 e. The normalized spacial score (nSPS) is 10.8. The number of aromatic amines is 1. The summed E-state index contributed by atoms with van der Waals surface area (Å²) < 4.78 is 10.7. The Balaban J connectivity index is 1.89. The first kappa shape index (κ1) is 15.3. The van der Waals surface area contributed by atoms with Gasteiger partial charge in [0.25, 0.3) is 0 Å². The molecule has 0 fully saturated rings. The first-order valence-corrected chi connectivity index (χ1v) is 8.05. The first-order valence-electron chi connectivity index (χ1n) is 8.05. The number of hydrogen-bond donors (Lipinski definition) is 1. The molecule has 124 valence electrons. The van der Waals surface area contributed by atoms with Crippen molar-refractivity contribution in [3.05, 3.63) is 66.9 Å². The number of H-pyrrole nitrogens is 1. The predicted octanol–water partition coefficient (Wildman–Crippen LogP) is 4.91. The van der Waals surface area contributed by atoms with Gasteiger partial charge in [0.1, 0.15) is 11.5 Å². The highest BCUT2D eigenvalue weighted by molar-refractivity contribution is 6.02. The lowest BCUT2D eigenvalue weighted by atomic mass is 9.96. The second-order valence-electron chi connectivity index (χ2n) is 5.75. The molecular weight excluding hydrogens is 312 g/mol. The second kappa shape index (κ2) is 6.32. The molecule has 1 aromatic heterocycles. The molecule has 0 atom stereocenters. The Morgan fingerprint density at radius 1 is 0.760 bits per heavy atom. The maximum atomic E-state index is 5.50. The van der Waals surface area contributed by atoms with Gasteiger partial charge in [0, 0.05) is 16.5 Å². The highest BCUT2D eigenvalue weighted by atomic mass is 16.5. The predicted molar refractivity (Wildman–Crippen MR) is 100 cm³/mol. The Morgan fingerprint density at radius 3 is 2.24 bits per heavy atom. The lowest BCUT2D eigenvalue weighted by Gasteiger charge is -2.11. The molecule has 4 rings (SSSR count). The van der Waals surface area contributed by atoms with Gasteiger partial charge < -0.3 is 9.47 Å². The molecule has 1 heterocycles. The fraction of sp³-hybridized carbons (Fsp3) is 0.0952. The van der Waals surface area contributed by atoms with Crippen molar-refractivity contribution < 1.29 is 9.47 Å². The molecule has 1 N–H and O–H groups in total. The van der Waals surface area contributed by atoms with Crippen molar-refractivity contribution in [3.63, 3.8) is 0 Å². The summed E-state index contributed by atoms with van der Waals surface area (Å²) in [6.45, 7) is 0. The number of aromatic nitrogens is 2. The highest BCUT2D eigenvalue weighted by Crippen LogP contribution is 2.38. The van der Waals surface area contributed by atoms with Crippen molar-refractivity contribution in [3.8, 4) is 33.9 Å². The molecule has 4 nitrogen and oxygen atoms in total. The van der Waals surface area contributed by atoms with Crippen LogP contribution in [0.5, 0.6) is 11.5 Å². The number of hydrogen-bond acceptors (Lipinski definition) is 3. The van der Waals surface area contributed by atoms with E-state index in [1.165, 1.54) is 0 Å². The fourth-order valence-electron chi connectivity index (χ4n) is 3.15. The summed E-state index contributed by atoms with van der Waals surface area (Å²) in [4.78, 5) is 0. The minimum absolute atomic E-state index is 0.837. The van der Waals surface area contributed by atoms with Crippen molar-refractivity contribution in [1.29, 1.82) is 0 Å². The van der Waals surface area contributed by atoms with E-state index in [2.05, 4.69) is 28.4 Å². The van der Waals surface area contributed by atoms with Crippen molar-refractivity contribution in [2.75, 3.05) is 14.2 Å². The van der Waals surface area contributed by atoms with Gasteiger partial charge in [-0.15, -0.1) is 0 Å². The molecular formula is C21H18N2O2. The topological polar surface area (TPSA) is 47.1 Å². The molecule has 3 aromatic carbocycles. The summed E-state index contributed by atoms with van der Waals surface area (Å²) >= 11 is 0. The van der Waals surface area contributed by atoms with Crippen LogP contribution in [0.3, 0.4) is 0 Å². The molecule has 0 unspecified atom stereocenters. The third-order valence-electron chi connectivity index (χ3n) is 4.41. The van der Waals surface area contributed by atoms with Crippen LogP contribution in [-0.4, -0.2) is 24.4 Å². The Labute approximate surface area is 146 Å².